The van der Waals surface area contributed by atoms with E-state index in [4.69, 9.17) is 23.7 Å². The Morgan fingerprint density at radius 1 is 1.09 bits per heavy atom. The molecule has 0 radical (unpaired) electrons. The highest BCUT2D eigenvalue weighted by Gasteiger charge is 2.58. The molecule has 2 aliphatic rings. The summed E-state index contributed by atoms with van der Waals surface area (Å²) in [5.74, 6) is -1.46. The maximum atomic E-state index is 12.9. The number of hydrogen-bond acceptors (Lipinski definition) is 9. The summed E-state index contributed by atoms with van der Waals surface area (Å²) in [6.45, 7) is 9.98. The first kappa shape index (κ1) is 26.6. The van der Waals surface area contributed by atoms with Gasteiger partial charge in [0.2, 0.25) is 0 Å². The number of aliphatic hydroxyl groups excluding tert-OH is 1. The first-order valence-electron chi connectivity index (χ1n) is 11.8. The van der Waals surface area contributed by atoms with Gasteiger partial charge in [-0.25, -0.2) is 4.79 Å². The third-order valence-electron chi connectivity index (χ3n) is 6.87. The molecule has 3 rings (SSSR count). The molecule has 9 nitrogen and oxygen atoms in total. The summed E-state index contributed by atoms with van der Waals surface area (Å²) in [7, 11) is 0. The summed E-state index contributed by atoms with van der Waals surface area (Å²) >= 11 is 0. The van der Waals surface area contributed by atoms with Crippen LogP contribution in [0, 0.1) is 11.8 Å². The van der Waals surface area contributed by atoms with Gasteiger partial charge in [-0.1, -0.05) is 39.0 Å². The van der Waals surface area contributed by atoms with Crippen molar-refractivity contribution in [3.63, 3.8) is 0 Å². The Kier molecular flexibility index (Phi) is 8.36. The Hall–Kier alpha value is -2.04. The number of rotatable bonds is 6. The number of benzene rings is 1. The molecule has 9 heteroatoms. The fourth-order valence-electron chi connectivity index (χ4n) is 4.58. The molecule has 1 aromatic rings. The van der Waals surface area contributed by atoms with Gasteiger partial charge in [-0.15, -0.1) is 0 Å². The number of carbonyl (C=O) groups is 2. The molecule has 34 heavy (non-hydrogen) atoms. The van der Waals surface area contributed by atoms with Gasteiger partial charge >= 0.3 is 11.9 Å². The molecule has 2 fully saturated rings. The van der Waals surface area contributed by atoms with E-state index in [-0.39, 0.29) is 11.8 Å². The van der Waals surface area contributed by atoms with Crippen molar-refractivity contribution in [3.8, 4) is 5.75 Å². The van der Waals surface area contributed by atoms with Crippen LogP contribution in [0.4, 0.5) is 0 Å². The predicted molar refractivity (Wildman–Crippen MR) is 121 cm³/mol. The highest BCUT2D eigenvalue weighted by molar-refractivity contribution is 5.79. The van der Waals surface area contributed by atoms with Crippen molar-refractivity contribution in [2.45, 2.75) is 96.5 Å². The zero-order chi connectivity index (χ0) is 25.2. The number of aliphatic hydroxyl groups is 2. The molecule has 0 aromatic heterocycles. The van der Waals surface area contributed by atoms with E-state index >= 15 is 0 Å². The molecule has 0 spiro atoms. The van der Waals surface area contributed by atoms with E-state index in [1.165, 1.54) is 13.8 Å². The Labute approximate surface area is 200 Å². The van der Waals surface area contributed by atoms with Gasteiger partial charge in [0, 0.05) is 12.8 Å². The summed E-state index contributed by atoms with van der Waals surface area (Å²) in [5, 5.41) is 21.9. The minimum atomic E-state index is -1.96. The summed E-state index contributed by atoms with van der Waals surface area (Å²) in [5.41, 5.74) is -1.96. The molecule has 0 bridgehead atoms. The van der Waals surface area contributed by atoms with E-state index in [1.807, 2.05) is 20.8 Å². The van der Waals surface area contributed by atoms with E-state index in [2.05, 4.69) is 0 Å². The van der Waals surface area contributed by atoms with Crippen LogP contribution in [0.25, 0.3) is 0 Å². The van der Waals surface area contributed by atoms with Gasteiger partial charge in [0.25, 0.3) is 0 Å². The second-order valence-corrected chi connectivity index (χ2v) is 9.47. The van der Waals surface area contributed by atoms with Gasteiger partial charge in [0.15, 0.2) is 18.5 Å². The van der Waals surface area contributed by atoms with Crippen molar-refractivity contribution >= 4 is 11.9 Å². The minimum absolute atomic E-state index is 0.107. The third-order valence-corrected chi connectivity index (χ3v) is 6.87. The van der Waals surface area contributed by atoms with Crippen LogP contribution in [0.1, 0.15) is 48.0 Å². The molecule has 2 N–H and O–H groups in total. The summed E-state index contributed by atoms with van der Waals surface area (Å²) in [4.78, 5) is 24.9. The van der Waals surface area contributed by atoms with Crippen molar-refractivity contribution in [1.82, 2.24) is 0 Å². The van der Waals surface area contributed by atoms with Gasteiger partial charge in [0.1, 0.15) is 17.5 Å². The quantitative estimate of drug-likeness (QED) is 0.466. The average molecular weight is 481 g/mol. The second kappa shape index (κ2) is 10.7. The van der Waals surface area contributed by atoms with Crippen LogP contribution < -0.4 is 4.74 Å². The van der Waals surface area contributed by atoms with Gasteiger partial charge in [-0.2, -0.15) is 0 Å². The Morgan fingerprint density at radius 2 is 1.74 bits per heavy atom. The highest BCUT2D eigenvalue weighted by Crippen LogP contribution is 2.39. The second-order valence-electron chi connectivity index (χ2n) is 9.47. The Bertz CT molecular complexity index is 840. The lowest BCUT2D eigenvalue weighted by Crippen LogP contribution is -2.69. The van der Waals surface area contributed by atoms with Crippen LogP contribution in [0.15, 0.2) is 30.3 Å². The maximum absolute atomic E-state index is 12.9. The first-order chi connectivity index (χ1) is 16.0. The Balaban J connectivity index is 1.84. The molecule has 190 valence electrons. The number of hydrogen-bond donors (Lipinski definition) is 2. The summed E-state index contributed by atoms with van der Waals surface area (Å²) in [6, 6.07) is 8.42. The van der Waals surface area contributed by atoms with Crippen molar-refractivity contribution in [1.29, 1.82) is 0 Å². The van der Waals surface area contributed by atoms with Crippen LogP contribution in [0.2, 0.25) is 0 Å². The van der Waals surface area contributed by atoms with Crippen LogP contribution in [-0.2, 0) is 28.5 Å². The summed E-state index contributed by atoms with van der Waals surface area (Å²) in [6.07, 6.45) is -5.56. The van der Waals surface area contributed by atoms with Crippen molar-refractivity contribution in [3.05, 3.63) is 30.3 Å². The average Bonchev–Trinajstić information content (AvgIpc) is 2.78. The van der Waals surface area contributed by atoms with E-state index in [0.717, 1.165) is 0 Å². The zero-order valence-corrected chi connectivity index (χ0v) is 20.5. The predicted octanol–water partition coefficient (Wildman–Crippen LogP) is 2.22. The first-order valence-corrected chi connectivity index (χ1v) is 11.8. The molecule has 1 aromatic carbocycles. The lowest BCUT2D eigenvalue weighted by Gasteiger charge is -2.50. The van der Waals surface area contributed by atoms with Crippen molar-refractivity contribution < 1.29 is 43.5 Å². The number of carbonyl (C=O) groups excluding carboxylic acids is 2. The van der Waals surface area contributed by atoms with E-state index in [1.54, 1.807) is 37.3 Å². The van der Waals surface area contributed by atoms with E-state index in [0.29, 0.717) is 12.2 Å². The topological polar surface area (TPSA) is 121 Å². The van der Waals surface area contributed by atoms with Crippen molar-refractivity contribution in [2.24, 2.45) is 11.8 Å². The molecule has 0 amide bonds. The van der Waals surface area contributed by atoms with E-state index in [9.17, 15) is 19.8 Å². The molecule has 2 heterocycles. The number of ether oxygens (including phenoxy) is 5. The van der Waals surface area contributed by atoms with Crippen LogP contribution >= 0.6 is 0 Å². The lowest BCUT2D eigenvalue weighted by molar-refractivity contribution is -0.330. The molecule has 10 atom stereocenters. The molecular weight excluding hydrogens is 444 g/mol. The fraction of sp³-hybridized carbons (Fsp3) is 0.680. The zero-order valence-electron chi connectivity index (χ0n) is 20.5. The molecule has 4 unspecified atom stereocenters. The largest absolute Gasteiger partial charge is 0.456 e. The molecule has 0 aliphatic carbocycles. The van der Waals surface area contributed by atoms with Crippen LogP contribution in [0.3, 0.4) is 0 Å². The van der Waals surface area contributed by atoms with Crippen LogP contribution in [-0.4, -0.2) is 70.7 Å². The highest BCUT2D eigenvalue weighted by atomic mass is 16.7. The molecule has 2 saturated heterocycles. The lowest BCUT2D eigenvalue weighted by atomic mass is 9.82. The fourth-order valence-corrected chi connectivity index (χ4v) is 4.58. The maximum Gasteiger partial charge on any atom is 0.343 e. The normalized spacial score (nSPS) is 40.4. The van der Waals surface area contributed by atoms with Gasteiger partial charge in [-0.05, 0) is 38.3 Å². The smallest absolute Gasteiger partial charge is 0.343 e. The Morgan fingerprint density at radius 3 is 2.32 bits per heavy atom. The number of para-hydroxylation sites is 1. The minimum Gasteiger partial charge on any atom is -0.456 e. The van der Waals surface area contributed by atoms with E-state index < -0.39 is 60.5 Å². The monoisotopic (exact) mass is 480 g/mol. The SMILES string of the molecule is CCC1O[C@@H](OC2[C@H](C)OC(C(=O)Oc3ccccc3)[C@@](C)(O)[C@@H]2OC(C)=O)C(C)[C@@H](C)[C@@H]1O. The number of esters is 2. The van der Waals surface area contributed by atoms with Crippen molar-refractivity contribution in [2.75, 3.05) is 0 Å². The molecule has 2 aliphatic heterocycles. The molecule has 0 saturated carbocycles. The van der Waals surface area contributed by atoms with Gasteiger partial charge in [0.05, 0.1) is 18.3 Å². The standard InChI is InChI=1S/C25H36O9/c1-7-18-19(27)13(2)14(3)24(33-18)34-20-15(4)30-22(25(6,29)21(20)31-16(5)26)23(28)32-17-11-9-8-10-12-17/h8-15,18-22,24,27,29H,7H2,1-6H3/t13-,14?,15+,18?,19+,20?,21-,22?,24+,25+/m1/s1. The molecular formula is C25H36O9. The van der Waals surface area contributed by atoms with Gasteiger partial charge in [-0.3, -0.25) is 4.79 Å². The van der Waals surface area contributed by atoms with Crippen LogP contribution in [0.5, 0.6) is 5.75 Å². The van der Waals surface area contributed by atoms with Gasteiger partial charge < -0.3 is 33.9 Å². The summed E-state index contributed by atoms with van der Waals surface area (Å²) < 4.78 is 29.0. The third kappa shape index (κ3) is 5.44.